The maximum absolute atomic E-state index is 7.59. The minimum absolute atomic E-state index is 0.446. The van der Waals surface area contributed by atoms with Crippen LogP contribution in [0.25, 0.3) is 0 Å². The maximum atomic E-state index is 7.59. The lowest BCUT2D eigenvalue weighted by Gasteiger charge is -2.08. The molecule has 0 spiro atoms. The first kappa shape index (κ1) is 10.7. The van der Waals surface area contributed by atoms with Gasteiger partial charge in [-0.15, -0.1) is 0 Å². The van der Waals surface area contributed by atoms with Gasteiger partial charge in [0.2, 0.25) is 0 Å². The second-order valence-corrected chi connectivity index (χ2v) is 3.97. The molecule has 0 saturated carbocycles. The van der Waals surface area contributed by atoms with Gasteiger partial charge in [0.1, 0.15) is 0 Å². The summed E-state index contributed by atoms with van der Waals surface area (Å²) in [7, 11) is 0. The normalized spacial score (nSPS) is 11.1. The van der Waals surface area contributed by atoms with Crippen molar-refractivity contribution >= 4 is 5.71 Å². The van der Waals surface area contributed by atoms with Gasteiger partial charge >= 0.3 is 0 Å². The molecule has 0 aromatic heterocycles. The predicted molar refractivity (Wildman–Crippen MR) is 51.3 cm³/mol. The van der Waals surface area contributed by atoms with Crippen molar-refractivity contribution in [3.05, 3.63) is 0 Å². The minimum Gasteiger partial charge on any atom is -0.309 e. The van der Waals surface area contributed by atoms with Crippen molar-refractivity contribution < 1.29 is 0 Å². The van der Waals surface area contributed by atoms with Crippen molar-refractivity contribution in [3.8, 4) is 0 Å². The fourth-order valence-electron chi connectivity index (χ4n) is 0.989. The third kappa shape index (κ3) is 6.08. The Morgan fingerprint density at radius 1 is 1.18 bits per heavy atom. The van der Waals surface area contributed by atoms with E-state index in [1.807, 2.05) is 0 Å². The van der Waals surface area contributed by atoms with E-state index in [1.54, 1.807) is 0 Å². The van der Waals surface area contributed by atoms with Crippen LogP contribution in [0.1, 0.15) is 47.0 Å². The Labute approximate surface area is 70.7 Å². The average molecular weight is 155 g/mol. The highest BCUT2D eigenvalue weighted by atomic mass is 14.4. The van der Waals surface area contributed by atoms with Crippen molar-refractivity contribution in [1.82, 2.24) is 0 Å². The highest BCUT2D eigenvalue weighted by Crippen LogP contribution is 2.09. The molecule has 1 heteroatoms. The van der Waals surface area contributed by atoms with Crippen molar-refractivity contribution in [2.75, 3.05) is 0 Å². The van der Waals surface area contributed by atoms with Crippen LogP contribution in [0.5, 0.6) is 0 Å². The number of rotatable bonds is 5. The first-order valence-corrected chi connectivity index (χ1v) is 4.61. The quantitative estimate of drug-likeness (QED) is 0.588. The standard InChI is InChI=1S/C10H21N/c1-8(2)6-5-7-10(11)9(3)4/h8-9,11H,5-7H2,1-4H3. The second kappa shape index (κ2) is 5.34. The van der Waals surface area contributed by atoms with Gasteiger partial charge in [-0.3, -0.25) is 0 Å². The second-order valence-electron chi connectivity index (χ2n) is 3.97. The lowest BCUT2D eigenvalue weighted by Crippen LogP contribution is -2.05. The molecule has 0 rings (SSSR count). The Morgan fingerprint density at radius 2 is 1.73 bits per heavy atom. The molecule has 0 aromatic rings. The SMILES string of the molecule is CC(C)CCCC(=N)C(C)C. The molecule has 0 heterocycles. The van der Waals surface area contributed by atoms with E-state index in [-0.39, 0.29) is 0 Å². The van der Waals surface area contributed by atoms with Crippen LogP contribution >= 0.6 is 0 Å². The zero-order valence-corrected chi connectivity index (χ0v) is 8.28. The van der Waals surface area contributed by atoms with Crippen molar-refractivity contribution in [1.29, 1.82) is 5.41 Å². The number of hydrogen-bond acceptors (Lipinski definition) is 1. The van der Waals surface area contributed by atoms with Crippen molar-refractivity contribution in [3.63, 3.8) is 0 Å². The van der Waals surface area contributed by atoms with Crippen molar-refractivity contribution in [2.24, 2.45) is 11.8 Å². The Balaban J connectivity index is 3.32. The van der Waals surface area contributed by atoms with E-state index in [0.717, 1.165) is 18.1 Å². The molecular weight excluding hydrogens is 134 g/mol. The highest BCUT2D eigenvalue weighted by molar-refractivity contribution is 5.82. The average Bonchev–Trinajstić information content (AvgIpc) is 1.86. The summed E-state index contributed by atoms with van der Waals surface area (Å²) in [4.78, 5) is 0. The summed E-state index contributed by atoms with van der Waals surface area (Å²) in [6, 6.07) is 0. The summed E-state index contributed by atoms with van der Waals surface area (Å²) in [5.41, 5.74) is 0.908. The number of nitrogens with one attached hydrogen (secondary N) is 1. The molecule has 0 bridgehead atoms. The third-order valence-corrected chi connectivity index (χ3v) is 1.92. The number of hydrogen-bond donors (Lipinski definition) is 1. The Morgan fingerprint density at radius 3 is 2.09 bits per heavy atom. The van der Waals surface area contributed by atoms with Crippen LogP contribution in [0, 0.1) is 17.2 Å². The van der Waals surface area contributed by atoms with E-state index in [9.17, 15) is 0 Å². The Kier molecular flexibility index (Phi) is 5.18. The molecule has 0 aliphatic rings. The van der Waals surface area contributed by atoms with Gasteiger partial charge < -0.3 is 5.41 Å². The van der Waals surface area contributed by atoms with Crippen LogP contribution in [-0.4, -0.2) is 5.71 Å². The highest BCUT2D eigenvalue weighted by Gasteiger charge is 2.02. The summed E-state index contributed by atoms with van der Waals surface area (Å²) in [6.07, 6.45) is 3.44. The van der Waals surface area contributed by atoms with Gasteiger partial charge in [-0.05, 0) is 24.7 Å². The van der Waals surface area contributed by atoms with Gasteiger partial charge in [0, 0.05) is 5.71 Å². The van der Waals surface area contributed by atoms with Gasteiger partial charge in [-0.2, -0.15) is 0 Å². The van der Waals surface area contributed by atoms with Gasteiger partial charge in [-0.1, -0.05) is 34.1 Å². The van der Waals surface area contributed by atoms with Crippen LogP contribution in [0.3, 0.4) is 0 Å². The van der Waals surface area contributed by atoms with E-state index in [2.05, 4.69) is 27.7 Å². The molecular formula is C10H21N. The summed E-state index contributed by atoms with van der Waals surface area (Å²) in [5, 5.41) is 7.59. The van der Waals surface area contributed by atoms with Crippen LogP contribution in [0.4, 0.5) is 0 Å². The first-order chi connectivity index (χ1) is 5.04. The first-order valence-electron chi connectivity index (χ1n) is 4.61. The predicted octanol–water partition coefficient (Wildman–Crippen LogP) is 3.49. The Hall–Kier alpha value is -0.330. The molecule has 0 saturated heterocycles. The zero-order valence-electron chi connectivity index (χ0n) is 8.28. The fraction of sp³-hybridized carbons (Fsp3) is 0.900. The van der Waals surface area contributed by atoms with Gasteiger partial charge in [-0.25, -0.2) is 0 Å². The summed E-state index contributed by atoms with van der Waals surface area (Å²) >= 11 is 0. The van der Waals surface area contributed by atoms with Crippen LogP contribution < -0.4 is 0 Å². The summed E-state index contributed by atoms with van der Waals surface area (Å²) < 4.78 is 0. The topological polar surface area (TPSA) is 23.9 Å². The minimum atomic E-state index is 0.446. The third-order valence-electron chi connectivity index (χ3n) is 1.92. The molecule has 0 unspecified atom stereocenters. The molecule has 11 heavy (non-hydrogen) atoms. The summed E-state index contributed by atoms with van der Waals surface area (Å²) in [6.45, 7) is 8.66. The van der Waals surface area contributed by atoms with Gasteiger partial charge in [0.15, 0.2) is 0 Å². The molecule has 1 nitrogen and oxygen atoms in total. The molecule has 0 aliphatic heterocycles. The van der Waals surface area contributed by atoms with Crippen LogP contribution in [-0.2, 0) is 0 Å². The van der Waals surface area contributed by atoms with E-state index < -0.39 is 0 Å². The monoisotopic (exact) mass is 155 g/mol. The molecule has 0 aliphatic carbocycles. The van der Waals surface area contributed by atoms with E-state index >= 15 is 0 Å². The smallest absolute Gasteiger partial charge is 0.0114 e. The Bertz CT molecular complexity index is 114. The van der Waals surface area contributed by atoms with E-state index in [0.29, 0.717) is 5.92 Å². The molecule has 66 valence electrons. The van der Waals surface area contributed by atoms with Crippen LogP contribution in [0.2, 0.25) is 0 Å². The summed E-state index contributed by atoms with van der Waals surface area (Å²) in [5.74, 6) is 1.23. The van der Waals surface area contributed by atoms with E-state index in [4.69, 9.17) is 5.41 Å². The zero-order chi connectivity index (χ0) is 8.85. The van der Waals surface area contributed by atoms with Gasteiger partial charge in [0.25, 0.3) is 0 Å². The molecule has 0 radical (unpaired) electrons. The molecule has 0 fully saturated rings. The van der Waals surface area contributed by atoms with Crippen molar-refractivity contribution in [2.45, 2.75) is 47.0 Å². The maximum Gasteiger partial charge on any atom is 0.0114 e. The molecule has 0 atom stereocenters. The van der Waals surface area contributed by atoms with E-state index in [1.165, 1.54) is 12.8 Å². The largest absolute Gasteiger partial charge is 0.309 e. The molecule has 0 aromatic carbocycles. The lowest BCUT2D eigenvalue weighted by molar-refractivity contribution is 0.560. The molecule has 0 amide bonds. The molecule has 1 N–H and O–H groups in total. The fourth-order valence-corrected chi connectivity index (χ4v) is 0.989. The van der Waals surface area contributed by atoms with Gasteiger partial charge in [0.05, 0.1) is 0 Å². The van der Waals surface area contributed by atoms with Crippen LogP contribution in [0.15, 0.2) is 0 Å². The lowest BCUT2D eigenvalue weighted by atomic mass is 9.99.